The number of nitrogens with one attached hydrogen (secondary N) is 1. The van der Waals surface area contributed by atoms with Crippen LogP contribution in [-0.4, -0.2) is 68.9 Å². The Balaban J connectivity index is 1.29. The van der Waals surface area contributed by atoms with Gasteiger partial charge in [0.25, 0.3) is 0 Å². The molecule has 1 aromatic carbocycles. The van der Waals surface area contributed by atoms with E-state index < -0.39 is 10.0 Å². The van der Waals surface area contributed by atoms with E-state index in [9.17, 15) is 8.42 Å². The second kappa shape index (κ2) is 9.48. The van der Waals surface area contributed by atoms with Crippen LogP contribution in [0.15, 0.2) is 42.9 Å². The number of hydrogen-bond donors (Lipinski definition) is 1. The molecule has 0 aliphatic carbocycles. The van der Waals surface area contributed by atoms with Crippen molar-refractivity contribution >= 4 is 49.7 Å². The summed E-state index contributed by atoms with van der Waals surface area (Å²) in [6.07, 6.45) is 6.06. The summed E-state index contributed by atoms with van der Waals surface area (Å²) in [5.41, 5.74) is 2.95. The molecule has 0 unspecified atom stereocenters. The molecule has 0 radical (unpaired) electrons. The molecule has 38 heavy (non-hydrogen) atoms. The second-order valence-corrected chi connectivity index (χ2v) is 12.6. The third-order valence-corrected chi connectivity index (χ3v) is 9.50. The van der Waals surface area contributed by atoms with Crippen LogP contribution >= 0.6 is 11.6 Å². The maximum Gasteiger partial charge on any atom is 0.214 e. The van der Waals surface area contributed by atoms with Crippen molar-refractivity contribution in [1.29, 1.82) is 0 Å². The largest absolute Gasteiger partial charge is 0.368 e. The zero-order valence-corrected chi connectivity index (χ0v) is 23.0. The second-order valence-electron chi connectivity index (χ2n) is 10.2. The van der Waals surface area contributed by atoms with Gasteiger partial charge in [-0.1, -0.05) is 31.5 Å². The summed E-state index contributed by atoms with van der Waals surface area (Å²) in [4.78, 5) is 15.9. The van der Waals surface area contributed by atoms with Crippen LogP contribution in [-0.2, 0) is 17.1 Å². The van der Waals surface area contributed by atoms with Gasteiger partial charge in [-0.25, -0.2) is 23.4 Å². The lowest BCUT2D eigenvalue weighted by molar-refractivity contribution is 0.289. The lowest BCUT2D eigenvalue weighted by Gasteiger charge is -2.45. The maximum absolute atomic E-state index is 12.3. The molecule has 0 atom stereocenters. The van der Waals surface area contributed by atoms with Gasteiger partial charge in [0.05, 0.1) is 17.4 Å². The smallest absolute Gasteiger partial charge is 0.214 e. The normalized spacial score (nSPS) is 17.9. The van der Waals surface area contributed by atoms with Gasteiger partial charge in [0, 0.05) is 56.3 Å². The van der Waals surface area contributed by atoms with E-state index in [1.165, 1.54) is 5.56 Å². The first-order valence-electron chi connectivity index (χ1n) is 12.7. The van der Waals surface area contributed by atoms with Crippen LogP contribution in [0.4, 0.5) is 17.3 Å². The summed E-state index contributed by atoms with van der Waals surface area (Å²) in [5.74, 6) is 2.33. The Labute approximate surface area is 226 Å². The van der Waals surface area contributed by atoms with Gasteiger partial charge in [0.15, 0.2) is 11.0 Å². The van der Waals surface area contributed by atoms with Crippen molar-refractivity contribution in [2.45, 2.75) is 32.2 Å². The van der Waals surface area contributed by atoms with Gasteiger partial charge in [-0.05, 0) is 41.5 Å². The molecule has 10 nitrogen and oxygen atoms in total. The van der Waals surface area contributed by atoms with Crippen molar-refractivity contribution in [2.24, 2.45) is 7.05 Å². The topological polar surface area (TPSA) is 109 Å². The van der Waals surface area contributed by atoms with Crippen molar-refractivity contribution in [3.63, 3.8) is 0 Å². The Hall–Kier alpha value is -3.28. The Morgan fingerprint density at radius 2 is 1.92 bits per heavy atom. The number of benzene rings is 1. The van der Waals surface area contributed by atoms with Crippen LogP contribution in [0.2, 0.25) is 5.15 Å². The number of sulfonamides is 1. The van der Waals surface area contributed by atoms with Gasteiger partial charge in [-0.3, -0.25) is 4.68 Å². The highest BCUT2D eigenvalue weighted by Gasteiger charge is 2.41. The summed E-state index contributed by atoms with van der Waals surface area (Å²) in [7, 11) is -1.31. The van der Waals surface area contributed by atoms with Crippen LogP contribution < -0.4 is 10.2 Å². The highest BCUT2D eigenvalue weighted by molar-refractivity contribution is 7.89. The molecule has 2 aliphatic rings. The quantitative estimate of drug-likeness (QED) is 0.379. The number of aromatic nitrogens is 5. The molecule has 0 spiro atoms. The molecule has 3 aromatic heterocycles. The van der Waals surface area contributed by atoms with Gasteiger partial charge in [0.1, 0.15) is 11.6 Å². The maximum atomic E-state index is 12.3. The van der Waals surface area contributed by atoms with E-state index in [2.05, 4.69) is 57.3 Å². The Bertz CT molecular complexity index is 1630. The highest BCUT2D eigenvalue weighted by atomic mass is 35.5. The number of anilines is 3. The first kappa shape index (κ1) is 25.0. The molecule has 4 aromatic rings. The number of rotatable bonds is 6. The van der Waals surface area contributed by atoms with Gasteiger partial charge in [0.2, 0.25) is 10.0 Å². The molecule has 2 fully saturated rings. The van der Waals surface area contributed by atoms with Crippen molar-refractivity contribution in [1.82, 2.24) is 29.0 Å². The first-order valence-corrected chi connectivity index (χ1v) is 14.6. The van der Waals surface area contributed by atoms with Crippen molar-refractivity contribution < 1.29 is 8.42 Å². The minimum atomic E-state index is -3.11. The van der Waals surface area contributed by atoms with Crippen LogP contribution in [0.1, 0.15) is 31.7 Å². The molecule has 12 heteroatoms. The number of fused-ring (bicyclic) bond motifs is 1. The van der Waals surface area contributed by atoms with E-state index in [0.29, 0.717) is 60.1 Å². The number of nitrogens with zero attached hydrogens (tertiary/aromatic N) is 7. The van der Waals surface area contributed by atoms with Gasteiger partial charge in [-0.15, -0.1) is 0 Å². The van der Waals surface area contributed by atoms with Gasteiger partial charge >= 0.3 is 0 Å². The minimum absolute atomic E-state index is 0.0384. The Morgan fingerprint density at radius 3 is 2.61 bits per heavy atom. The van der Waals surface area contributed by atoms with Crippen LogP contribution in [0.5, 0.6) is 0 Å². The molecule has 5 heterocycles. The van der Waals surface area contributed by atoms with Crippen molar-refractivity contribution in [2.75, 3.05) is 35.6 Å². The number of pyridine rings is 1. The number of halogens is 1. The number of hydrogen-bond acceptors (Lipinski definition) is 8. The minimum Gasteiger partial charge on any atom is -0.368 e. The van der Waals surface area contributed by atoms with E-state index in [0.717, 1.165) is 16.5 Å². The predicted molar refractivity (Wildman–Crippen MR) is 149 cm³/mol. The summed E-state index contributed by atoms with van der Waals surface area (Å²) in [6.45, 7) is 6.36. The van der Waals surface area contributed by atoms with Crippen LogP contribution in [0, 0.1) is 0 Å². The van der Waals surface area contributed by atoms with Crippen molar-refractivity contribution in [3.8, 4) is 11.4 Å². The average Bonchev–Trinajstić information content (AvgIpc) is 3.37. The third-order valence-electron chi connectivity index (χ3n) is 7.22. The highest BCUT2D eigenvalue weighted by Crippen LogP contribution is 2.37. The molecule has 1 N–H and O–H groups in total. The van der Waals surface area contributed by atoms with Crippen molar-refractivity contribution in [3.05, 3.63) is 53.6 Å². The van der Waals surface area contributed by atoms with E-state index in [1.54, 1.807) is 34.5 Å². The van der Waals surface area contributed by atoms with Crippen LogP contribution in [0.25, 0.3) is 22.2 Å². The molecule has 0 amide bonds. The molecule has 2 aliphatic heterocycles. The predicted octanol–water partition coefficient (Wildman–Crippen LogP) is 4.17. The fraction of sp³-hybridized carbons (Fsp3) is 0.385. The summed E-state index contributed by atoms with van der Waals surface area (Å²) < 4.78 is 28.0. The summed E-state index contributed by atoms with van der Waals surface area (Å²) >= 11 is 6.24. The third kappa shape index (κ3) is 4.48. The Morgan fingerprint density at radius 1 is 1.11 bits per heavy atom. The standard InChI is InChI=1S/C26H29ClN8O2S/c1-16(2)18-5-6-22(34-13-17(14-34)35-9-4-10-38(35,36)37)20-12-29-24(11-19(18)20)30-23-7-8-28-26(31-23)21-15-33(3)32-25(21)27/h5-8,11-12,15-17H,4,9-10,13-14H2,1-3H3,(H,28,29,30,31). The molecule has 0 saturated carbocycles. The fourth-order valence-electron chi connectivity index (χ4n) is 5.30. The monoisotopic (exact) mass is 552 g/mol. The summed E-state index contributed by atoms with van der Waals surface area (Å²) in [6, 6.07) is 8.17. The van der Waals surface area contributed by atoms with Crippen LogP contribution in [0.3, 0.4) is 0 Å². The average molecular weight is 553 g/mol. The SMILES string of the molecule is CC(C)c1ccc(N2CC(N3CCCS3(=O)=O)C2)c2cnc(Nc3ccnc(-c4cn(C)nc4Cl)n3)cc12. The molecular formula is C26H29ClN8O2S. The lowest BCUT2D eigenvalue weighted by atomic mass is 9.94. The summed E-state index contributed by atoms with van der Waals surface area (Å²) in [5, 5.41) is 9.98. The van der Waals surface area contributed by atoms with E-state index >= 15 is 0 Å². The molecule has 198 valence electrons. The van der Waals surface area contributed by atoms with E-state index in [1.807, 2.05) is 6.20 Å². The van der Waals surface area contributed by atoms with E-state index in [-0.39, 0.29) is 11.8 Å². The molecule has 6 rings (SSSR count). The van der Waals surface area contributed by atoms with Gasteiger partial charge in [-0.2, -0.15) is 9.40 Å². The Kier molecular flexibility index (Phi) is 6.24. The lowest BCUT2D eigenvalue weighted by Crippen LogP contribution is -2.59. The van der Waals surface area contributed by atoms with E-state index in [4.69, 9.17) is 16.6 Å². The fourth-order valence-corrected chi connectivity index (χ4v) is 7.27. The molecular weight excluding hydrogens is 524 g/mol. The zero-order chi connectivity index (χ0) is 26.6. The van der Waals surface area contributed by atoms with Gasteiger partial charge < -0.3 is 10.2 Å². The first-order chi connectivity index (χ1) is 18.2. The number of aryl methyl sites for hydroxylation is 1. The molecule has 0 bridgehead atoms. The zero-order valence-electron chi connectivity index (χ0n) is 21.5. The molecule has 2 saturated heterocycles.